The van der Waals surface area contributed by atoms with E-state index in [0.717, 1.165) is 19.4 Å². The number of nitrogens with zero attached hydrogens (tertiary/aromatic N) is 2. The lowest BCUT2D eigenvalue weighted by Crippen LogP contribution is -2.48. The molecule has 2 rings (SSSR count). The Balaban J connectivity index is 1.99. The predicted molar refractivity (Wildman–Crippen MR) is 87.8 cm³/mol. The van der Waals surface area contributed by atoms with Crippen molar-refractivity contribution in [2.45, 2.75) is 50.1 Å². The molecule has 1 saturated heterocycles. The van der Waals surface area contributed by atoms with Crippen molar-refractivity contribution >= 4 is 15.7 Å². The van der Waals surface area contributed by atoms with E-state index in [0.29, 0.717) is 12.6 Å². The third kappa shape index (κ3) is 4.49. The highest BCUT2D eigenvalue weighted by atomic mass is 32.2. The van der Waals surface area contributed by atoms with E-state index in [1.54, 1.807) is 0 Å². The first-order valence-electron chi connectivity index (χ1n) is 7.81. The van der Waals surface area contributed by atoms with Crippen molar-refractivity contribution in [3.05, 3.63) is 34.4 Å². The van der Waals surface area contributed by atoms with Gasteiger partial charge in [0.15, 0.2) is 0 Å². The molecule has 7 nitrogen and oxygen atoms in total. The maximum Gasteiger partial charge on any atom is 0.269 e. The number of benzene rings is 1. The van der Waals surface area contributed by atoms with E-state index in [9.17, 15) is 18.5 Å². The Kier molecular flexibility index (Phi) is 5.72. The second-order valence-corrected chi connectivity index (χ2v) is 7.80. The van der Waals surface area contributed by atoms with Crippen LogP contribution in [0.25, 0.3) is 0 Å². The zero-order valence-electron chi connectivity index (χ0n) is 13.4. The minimum Gasteiger partial charge on any atom is -0.297 e. The molecule has 2 atom stereocenters. The van der Waals surface area contributed by atoms with Crippen molar-refractivity contribution < 1.29 is 13.3 Å². The summed E-state index contributed by atoms with van der Waals surface area (Å²) in [5, 5.41) is 10.6. The molecule has 0 unspecified atom stereocenters. The summed E-state index contributed by atoms with van der Waals surface area (Å²) in [7, 11) is -3.65. The smallest absolute Gasteiger partial charge is 0.269 e. The van der Waals surface area contributed by atoms with Crippen LogP contribution in [-0.2, 0) is 10.0 Å². The Bertz CT molecular complexity index is 645. The molecule has 1 aromatic carbocycles. The van der Waals surface area contributed by atoms with Crippen molar-refractivity contribution in [3.63, 3.8) is 0 Å². The molecule has 0 aromatic heterocycles. The molecule has 0 amide bonds. The van der Waals surface area contributed by atoms with Crippen LogP contribution >= 0.6 is 0 Å². The number of hydrogen-bond donors (Lipinski definition) is 1. The van der Waals surface area contributed by atoms with Crippen LogP contribution in [0.5, 0.6) is 0 Å². The lowest BCUT2D eigenvalue weighted by Gasteiger charge is -2.38. The van der Waals surface area contributed by atoms with E-state index in [-0.39, 0.29) is 16.6 Å². The van der Waals surface area contributed by atoms with Gasteiger partial charge in [0.1, 0.15) is 0 Å². The van der Waals surface area contributed by atoms with Crippen LogP contribution in [0.15, 0.2) is 29.2 Å². The van der Waals surface area contributed by atoms with Crippen LogP contribution in [0.2, 0.25) is 0 Å². The Morgan fingerprint density at radius 1 is 1.35 bits per heavy atom. The van der Waals surface area contributed by atoms with E-state index in [2.05, 4.69) is 16.5 Å². The SMILES string of the molecule is C[C@H]1CCCCN1[C@@H](C)CNS(=O)(=O)c1ccc([N+](=O)[O-])cc1. The quantitative estimate of drug-likeness (QED) is 0.632. The highest BCUT2D eigenvalue weighted by molar-refractivity contribution is 7.89. The Hall–Kier alpha value is -1.51. The first-order chi connectivity index (χ1) is 10.8. The summed E-state index contributed by atoms with van der Waals surface area (Å²) in [5.41, 5.74) is -0.126. The molecule has 0 radical (unpaired) electrons. The predicted octanol–water partition coefficient (Wildman–Crippen LogP) is 2.14. The normalized spacial score (nSPS) is 21.0. The van der Waals surface area contributed by atoms with Gasteiger partial charge in [0.25, 0.3) is 5.69 Å². The number of sulfonamides is 1. The third-order valence-electron chi connectivity index (χ3n) is 4.35. The zero-order chi connectivity index (χ0) is 17.0. The maximum atomic E-state index is 12.3. The summed E-state index contributed by atoms with van der Waals surface area (Å²) in [6.45, 7) is 5.49. The summed E-state index contributed by atoms with van der Waals surface area (Å²) in [5.74, 6) is 0. The molecule has 128 valence electrons. The molecule has 0 spiro atoms. The third-order valence-corrected chi connectivity index (χ3v) is 5.79. The first kappa shape index (κ1) is 17.8. The monoisotopic (exact) mass is 341 g/mol. The highest BCUT2D eigenvalue weighted by Gasteiger charge is 2.24. The fourth-order valence-corrected chi connectivity index (χ4v) is 4.07. The van der Waals surface area contributed by atoms with Gasteiger partial charge in [-0.2, -0.15) is 0 Å². The van der Waals surface area contributed by atoms with Crippen molar-refractivity contribution in [3.8, 4) is 0 Å². The molecular formula is C15H23N3O4S. The standard InChI is InChI=1S/C15H23N3O4S/c1-12-5-3-4-10-17(12)13(2)11-16-23(21,22)15-8-6-14(7-9-15)18(19)20/h6-9,12-13,16H,3-5,10-11H2,1-2H3/t12-,13-/m0/s1. The van der Waals surface area contributed by atoms with Gasteiger partial charge in [0.05, 0.1) is 9.82 Å². The molecule has 0 saturated carbocycles. The number of piperidine rings is 1. The van der Waals surface area contributed by atoms with Crippen LogP contribution in [0, 0.1) is 10.1 Å². The zero-order valence-corrected chi connectivity index (χ0v) is 14.3. The second-order valence-electron chi connectivity index (χ2n) is 6.03. The van der Waals surface area contributed by atoms with Crippen LogP contribution in [-0.4, -0.2) is 43.4 Å². The molecule has 1 N–H and O–H groups in total. The van der Waals surface area contributed by atoms with Crippen molar-refractivity contribution in [2.24, 2.45) is 0 Å². The van der Waals surface area contributed by atoms with Gasteiger partial charge in [-0.05, 0) is 45.4 Å². The Morgan fingerprint density at radius 3 is 2.57 bits per heavy atom. The lowest BCUT2D eigenvalue weighted by atomic mass is 10.0. The molecule has 1 heterocycles. The first-order valence-corrected chi connectivity index (χ1v) is 9.29. The Morgan fingerprint density at radius 2 is 2.00 bits per heavy atom. The number of nitro groups is 1. The number of nitro benzene ring substituents is 1. The van der Waals surface area contributed by atoms with E-state index in [4.69, 9.17) is 0 Å². The molecule has 8 heteroatoms. The largest absolute Gasteiger partial charge is 0.297 e. The fourth-order valence-electron chi connectivity index (χ4n) is 2.95. The molecule has 0 aliphatic carbocycles. The number of rotatable bonds is 6. The summed E-state index contributed by atoms with van der Waals surface area (Å²) in [4.78, 5) is 12.4. The number of non-ortho nitro benzene ring substituents is 1. The summed E-state index contributed by atoms with van der Waals surface area (Å²) in [6.07, 6.45) is 3.50. The van der Waals surface area contributed by atoms with Crippen molar-refractivity contribution in [2.75, 3.05) is 13.1 Å². The molecule has 1 aliphatic rings. The van der Waals surface area contributed by atoms with E-state index in [1.807, 2.05) is 6.92 Å². The molecule has 1 fully saturated rings. The van der Waals surface area contributed by atoms with Gasteiger partial charge in [0.2, 0.25) is 10.0 Å². The summed E-state index contributed by atoms with van der Waals surface area (Å²) >= 11 is 0. The minimum absolute atomic E-state index is 0.0435. The average Bonchev–Trinajstić information content (AvgIpc) is 2.53. The van der Waals surface area contributed by atoms with Crippen molar-refractivity contribution in [1.29, 1.82) is 0 Å². The highest BCUT2D eigenvalue weighted by Crippen LogP contribution is 2.19. The fraction of sp³-hybridized carbons (Fsp3) is 0.600. The van der Waals surface area contributed by atoms with Gasteiger partial charge in [-0.1, -0.05) is 6.42 Å². The van der Waals surface area contributed by atoms with Gasteiger partial charge in [-0.25, -0.2) is 13.1 Å². The van der Waals surface area contributed by atoms with Gasteiger partial charge < -0.3 is 0 Å². The van der Waals surface area contributed by atoms with E-state index >= 15 is 0 Å². The van der Waals surface area contributed by atoms with E-state index in [1.165, 1.54) is 30.7 Å². The molecular weight excluding hydrogens is 318 g/mol. The van der Waals surface area contributed by atoms with Crippen LogP contribution in [0.1, 0.15) is 33.1 Å². The van der Waals surface area contributed by atoms with Gasteiger partial charge in [-0.15, -0.1) is 0 Å². The number of hydrogen-bond acceptors (Lipinski definition) is 5. The summed E-state index contributed by atoms with van der Waals surface area (Å²) < 4.78 is 27.2. The van der Waals surface area contributed by atoms with Gasteiger partial charge >= 0.3 is 0 Å². The number of nitrogens with one attached hydrogen (secondary N) is 1. The summed E-state index contributed by atoms with van der Waals surface area (Å²) in [6, 6.07) is 5.49. The van der Waals surface area contributed by atoms with Gasteiger partial charge in [-0.3, -0.25) is 15.0 Å². The minimum atomic E-state index is -3.65. The second kappa shape index (κ2) is 7.37. The van der Waals surface area contributed by atoms with Crippen LogP contribution < -0.4 is 4.72 Å². The van der Waals surface area contributed by atoms with Crippen LogP contribution in [0.4, 0.5) is 5.69 Å². The molecule has 23 heavy (non-hydrogen) atoms. The molecule has 0 bridgehead atoms. The molecule has 1 aromatic rings. The Labute approximate surface area is 136 Å². The van der Waals surface area contributed by atoms with Crippen LogP contribution in [0.3, 0.4) is 0 Å². The van der Waals surface area contributed by atoms with E-state index < -0.39 is 14.9 Å². The molecule has 1 aliphatic heterocycles. The van der Waals surface area contributed by atoms with Gasteiger partial charge in [0, 0.05) is 30.8 Å². The maximum absolute atomic E-state index is 12.3. The van der Waals surface area contributed by atoms with Crippen molar-refractivity contribution in [1.82, 2.24) is 9.62 Å². The lowest BCUT2D eigenvalue weighted by molar-refractivity contribution is -0.384. The average molecular weight is 341 g/mol. The topological polar surface area (TPSA) is 92.6 Å². The number of likely N-dealkylation sites (tertiary alicyclic amines) is 1.